The monoisotopic (exact) mass is 351 g/mol. The lowest BCUT2D eigenvalue weighted by Gasteiger charge is -2.29. The van der Waals surface area contributed by atoms with Crippen LogP contribution in [0.5, 0.6) is 0 Å². The molecule has 0 aliphatic carbocycles. The molecule has 1 aromatic carbocycles. The van der Waals surface area contributed by atoms with Gasteiger partial charge in [-0.15, -0.1) is 0 Å². The van der Waals surface area contributed by atoms with Crippen LogP contribution >= 0.6 is 11.6 Å². The third-order valence-corrected chi connectivity index (χ3v) is 4.78. The molecule has 0 N–H and O–H groups in total. The molecule has 0 bridgehead atoms. The maximum atomic E-state index is 12.2. The molecule has 2 unspecified atom stereocenters. The standard InChI is InChI=1S/C17H22ClN3O3/c1-12-8-14(18)5-6-15(12)21-11-19-17(22)20(21)9-16(23-2)13-4-3-7-24-10-13/h5-6,8,11,13,16H,3-4,7,9-10H2,1-2H3. The highest BCUT2D eigenvalue weighted by Crippen LogP contribution is 2.22. The van der Waals surface area contributed by atoms with Crippen molar-refractivity contribution in [1.29, 1.82) is 0 Å². The van der Waals surface area contributed by atoms with Crippen molar-refractivity contribution < 1.29 is 9.47 Å². The van der Waals surface area contributed by atoms with Crippen molar-refractivity contribution in [2.75, 3.05) is 20.3 Å². The van der Waals surface area contributed by atoms with Crippen LogP contribution in [-0.2, 0) is 16.0 Å². The number of halogens is 1. The highest BCUT2D eigenvalue weighted by atomic mass is 35.5. The molecule has 1 aromatic heterocycles. The first-order valence-corrected chi connectivity index (χ1v) is 8.49. The minimum Gasteiger partial charge on any atom is -0.381 e. The van der Waals surface area contributed by atoms with Crippen LogP contribution in [0.1, 0.15) is 18.4 Å². The highest BCUT2D eigenvalue weighted by Gasteiger charge is 2.26. The minimum absolute atomic E-state index is 0.0916. The summed E-state index contributed by atoms with van der Waals surface area (Å²) in [6.45, 7) is 3.86. The quantitative estimate of drug-likeness (QED) is 0.830. The van der Waals surface area contributed by atoms with Crippen molar-refractivity contribution in [3.63, 3.8) is 0 Å². The smallest absolute Gasteiger partial charge is 0.364 e. The zero-order valence-corrected chi connectivity index (χ0v) is 14.7. The lowest BCUT2D eigenvalue weighted by molar-refractivity contribution is -0.0374. The molecule has 2 heterocycles. The maximum absolute atomic E-state index is 12.2. The number of methoxy groups -OCH3 is 1. The molecule has 6 nitrogen and oxygen atoms in total. The number of ether oxygens (including phenoxy) is 2. The summed E-state index contributed by atoms with van der Waals surface area (Å²) in [5.41, 5.74) is 1.57. The number of aromatic nitrogens is 3. The lowest BCUT2D eigenvalue weighted by Crippen LogP contribution is -2.38. The molecule has 130 valence electrons. The summed E-state index contributed by atoms with van der Waals surface area (Å²) in [5.74, 6) is 0.283. The Hall–Kier alpha value is -1.63. The normalized spacial score (nSPS) is 19.4. The zero-order chi connectivity index (χ0) is 17.1. The van der Waals surface area contributed by atoms with E-state index < -0.39 is 0 Å². The van der Waals surface area contributed by atoms with Crippen LogP contribution in [-0.4, -0.2) is 40.8 Å². The van der Waals surface area contributed by atoms with Crippen molar-refractivity contribution in [3.8, 4) is 5.69 Å². The van der Waals surface area contributed by atoms with Gasteiger partial charge in [-0.3, -0.25) is 0 Å². The van der Waals surface area contributed by atoms with Crippen LogP contribution in [0.15, 0.2) is 29.3 Å². The van der Waals surface area contributed by atoms with E-state index in [-0.39, 0.29) is 17.7 Å². The van der Waals surface area contributed by atoms with Crippen LogP contribution < -0.4 is 5.69 Å². The summed E-state index contributed by atoms with van der Waals surface area (Å²) >= 11 is 6.03. The van der Waals surface area contributed by atoms with Crippen molar-refractivity contribution >= 4 is 11.6 Å². The summed E-state index contributed by atoms with van der Waals surface area (Å²) in [7, 11) is 1.68. The largest absolute Gasteiger partial charge is 0.381 e. The summed E-state index contributed by atoms with van der Waals surface area (Å²) < 4.78 is 14.6. The summed E-state index contributed by atoms with van der Waals surface area (Å²) in [6.07, 6.45) is 3.52. The van der Waals surface area contributed by atoms with E-state index in [1.54, 1.807) is 22.8 Å². The molecule has 2 atom stereocenters. The highest BCUT2D eigenvalue weighted by molar-refractivity contribution is 6.30. The fraction of sp³-hybridized carbons (Fsp3) is 0.529. The maximum Gasteiger partial charge on any atom is 0.364 e. The van der Waals surface area contributed by atoms with Gasteiger partial charge in [0, 0.05) is 24.7 Å². The second-order valence-electron chi connectivity index (χ2n) is 6.14. The molecule has 2 aromatic rings. The molecular weight excluding hydrogens is 330 g/mol. The Bertz CT molecular complexity index is 750. The Labute approximate surface area is 145 Å². The van der Waals surface area contributed by atoms with Crippen molar-refractivity contribution in [3.05, 3.63) is 45.6 Å². The van der Waals surface area contributed by atoms with Gasteiger partial charge in [-0.1, -0.05) is 11.6 Å². The van der Waals surface area contributed by atoms with Crippen molar-refractivity contribution in [1.82, 2.24) is 14.3 Å². The topological polar surface area (TPSA) is 58.3 Å². The predicted molar refractivity (Wildman–Crippen MR) is 91.9 cm³/mol. The van der Waals surface area contributed by atoms with Gasteiger partial charge in [-0.2, -0.15) is 4.98 Å². The van der Waals surface area contributed by atoms with Crippen LogP contribution in [0, 0.1) is 12.8 Å². The van der Waals surface area contributed by atoms with Gasteiger partial charge in [0.25, 0.3) is 0 Å². The van der Waals surface area contributed by atoms with Gasteiger partial charge in [0.15, 0.2) is 0 Å². The third kappa shape index (κ3) is 3.55. The molecule has 0 radical (unpaired) electrons. The second kappa shape index (κ2) is 7.51. The second-order valence-corrected chi connectivity index (χ2v) is 6.57. The van der Waals surface area contributed by atoms with Crippen LogP contribution in [0.3, 0.4) is 0 Å². The summed E-state index contributed by atoms with van der Waals surface area (Å²) in [4.78, 5) is 16.2. The van der Waals surface area contributed by atoms with E-state index >= 15 is 0 Å². The van der Waals surface area contributed by atoms with Gasteiger partial charge < -0.3 is 9.47 Å². The molecule has 0 amide bonds. The summed E-state index contributed by atoms with van der Waals surface area (Å²) in [6, 6.07) is 5.57. The van der Waals surface area contributed by atoms with E-state index in [2.05, 4.69) is 4.98 Å². The predicted octanol–water partition coefficient (Wildman–Crippen LogP) is 2.44. The lowest BCUT2D eigenvalue weighted by atomic mass is 9.96. The number of nitrogens with zero attached hydrogens (tertiary/aromatic N) is 3. The Balaban J connectivity index is 1.90. The molecule has 0 saturated carbocycles. The Morgan fingerprint density at radius 2 is 2.33 bits per heavy atom. The van der Waals surface area contributed by atoms with Crippen molar-refractivity contribution in [2.24, 2.45) is 5.92 Å². The Morgan fingerprint density at radius 3 is 3.00 bits per heavy atom. The molecule has 3 rings (SSSR count). The molecule has 1 aliphatic heterocycles. The number of hydrogen-bond acceptors (Lipinski definition) is 4. The van der Waals surface area contributed by atoms with Gasteiger partial charge in [0.05, 0.1) is 24.9 Å². The van der Waals surface area contributed by atoms with E-state index in [1.807, 2.05) is 25.1 Å². The average Bonchev–Trinajstić information content (AvgIpc) is 2.94. The van der Waals surface area contributed by atoms with E-state index in [9.17, 15) is 4.79 Å². The van der Waals surface area contributed by atoms with Crippen LogP contribution in [0.4, 0.5) is 0 Å². The van der Waals surface area contributed by atoms with Gasteiger partial charge in [0.2, 0.25) is 0 Å². The number of rotatable bonds is 5. The fourth-order valence-electron chi connectivity index (χ4n) is 3.20. The first-order valence-electron chi connectivity index (χ1n) is 8.11. The van der Waals surface area contributed by atoms with Gasteiger partial charge in [-0.25, -0.2) is 14.2 Å². The van der Waals surface area contributed by atoms with E-state index in [0.717, 1.165) is 30.7 Å². The number of benzene rings is 1. The molecule has 1 aliphatic rings. The average molecular weight is 352 g/mol. The number of aryl methyl sites for hydroxylation is 1. The van der Waals surface area contributed by atoms with Gasteiger partial charge in [-0.05, 0) is 43.5 Å². The first kappa shape index (κ1) is 17.2. The summed E-state index contributed by atoms with van der Waals surface area (Å²) in [5, 5.41) is 0.666. The van der Waals surface area contributed by atoms with Crippen LogP contribution in [0.2, 0.25) is 5.02 Å². The minimum atomic E-state index is -0.289. The SMILES string of the molecule is COC(Cn1c(=O)ncn1-c1ccc(Cl)cc1C)C1CCCOC1. The van der Waals surface area contributed by atoms with Crippen LogP contribution in [0.25, 0.3) is 5.69 Å². The molecule has 1 fully saturated rings. The van der Waals surface area contributed by atoms with Gasteiger partial charge in [0.1, 0.15) is 6.33 Å². The van der Waals surface area contributed by atoms with E-state index in [4.69, 9.17) is 21.1 Å². The fourth-order valence-corrected chi connectivity index (χ4v) is 3.43. The molecule has 0 spiro atoms. The molecule has 1 saturated heterocycles. The Kier molecular flexibility index (Phi) is 5.38. The molecular formula is C17H22ClN3O3. The van der Waals surface area contributed by atoms with Crippen molar-refractivity contribution in [2.45, 2.75) is 32.4 Å². The molecule has 24 heavy (non-hydrogen) atoms. The van der Waals surface area contributed by atoms with E-state index in [0.29, 0.717) is 18.2 Å². The third-order valence-electron chi connectivity index (χ3n) is 4.54. The first-order chi connectivity index (χ1) is 11.6. The Morgan fingerprint density at radius 1 is 1.50 bits per heavy atom. The number of hydrogen-bond donors (Lipinski definition) is 0. The van der Waals surface area contributed by atoms with E-state index in [1.165, 1.54) is 0 Å². The van der Waals surface area contributed by atoms with Gasteiger partial charge >= 0.3 is 5.69 Å². The molecule has 7 heteroatoms. The zero-order valence-electron chi connectivity index (χ0n) is 13.9.